The van der Waals surface area contributed by atoms with E-state index in [0.29, 0.717) is 0 Å². The number of nitrogens with zero attached hydrogens (tertiary/aromatic N) is 2. The highest BCUT2D eigenvalue weighted by molar-refractivity contribution is 7.99. The third-order valence-electron chi connectivity index (χ3n) is 3.17. The zero-order valence-corrected chi connectivity index (χ0v) is 14.3. The number of benzene rings is 1. The molecule has 0 spiro atoms. The number of methoxy groups -OCH3 is 1. The van der Waals surface area contributed by atoms with E-state index in [1.165, 1.54) is 5.57 Å². The van der Waals surface area contributed by atoms with Crippen LogP contribution in [-0.2, 0) is 0 Å². The number of fused-ring (bicyclic) bond motifs is 1. The van der Waals surface area contributed by atoms with Crippen LogP contribution in [0, 0.1) is 0 Å². The van der Waals surface area contributed by atoms with Crippen molar-refractivity contribution in [1.29, 1.82) is 0 Å². The first-order chi connectivity index (χ1) is 10.5. The fourth-order valence-electron chi connectivity index (χ4n) is 2.09. The van der Waals surface area contributed by atoms with Gasteiger partial charge in [0.25, 0.3) is 0 Å². The van der Waals surface area contributed by atoms with Crippen LogP contribution in [0.25, 0.3) is 11.0 Å². The first-order valence-corrected chi connectivity index (χ1v) is 8.00. The Kier molecular flexibility index (Phi) is 5.44. The molecule has 0 unspecified atom stereocenters. The van der Waals surface area contributed by atoms with Gasteiger partial charge in [-0.3, -0.25) is 4.99 Å². The van der Waals surface area contributed by atoms with Gasteiger partial charge in [0.1, 0.15) is 5.75 Å². The quantitative estimate of drug-likeness (QED) is 0.481. The van der Waals surface area contributed by atoms with E-state index < -0.39 is 0 Å². The van der Waals surface area contributed by atoms with Crippen molar-refractivity contribution >= 4 is 29.5 Å². The van der Waals surface area contributed by atoms with E-state index >= 15 is 0 Å². The number of aromatic nitrogens is 2. The summed E-state index contributed by atoms with van der Waals surface area (Å²) in [6, 6.07) is 5.82. The summed E-state index contributed by atoms with van der Waals surface area (Å²) >= 11 is 1.62. The molecule has 0 saturated carbocycles. The van der Waals surface area contributed by atoms with Crippen LogP contribution in [0.3, 0.4) is 0 Å². The molecule has 1 heterocycles. The van der Waals surface area contributed by atoms with Crippen molar-refractivity contribution in [3.8, 4) is 5.75 Å². The summed E-state index contributed by atoms with van der Waals surface area (Å²) in [5.41, 5.74) is 5.27. The number of hydrogen-bond donors (Lipinski definition) is 1. The number of ether oxygens (including phenoxy) is 1. The Bertz CT molecular complexity index is 739. The molecule has 0 radical (unpaired) electrons. The number of rotatable bonds is 6. The van der Waals surface area contributed by atoms with E-state index in [-0.39, 0.29) is 0 Å². The SMILES string of the molecule is C=N/C(CSc1nc2cc(OC)ccc2[nH]1)=C(/C)C=C(C)C. The predicted molar refractivity (Wildman–Crippen MR) is 95.0 cm³/mol. The van der Waals surface area contributed by atoms with Gasteiger partial charge in [-0.05, 0) is 45.2 Å². The molecular formula is C17H21N3OS. The fourth-order valence-corrected chi connectivity index (χ4v) is 3.03. The minimum absolute atomic E-state index is 0.732. The van der Waals surface area contributed by atoms with E-state index in [4.69, 9.17) is 4.74 Å². The Balaban J connectivity index is 2.17. The van der Waals surface area contributed by atoms with Crippen LogP contribution in [-0.4, -0.2) is 29.5 Å². The lowest BCUT2D eigenvalue weighted by molar-refractivity contribution is 0.415. The highest BCUT2D eigenvalue weighted by Gasteiger charge is 2.07. The van der Waals surface area contributed by atoms with Crippen molar-refractivity contribution in [3.05, 3.63) is 41.1 Å². The molecule has 1 N–H and O–H groups in total. The van der Waals surface area contributed by atoms with Gasteiger partial charge in [0, 0.05) is 11.8 Å². The van der Waals surface area contributed by atoms with Crippen molar-refractivity contribution in [2.45, 2.75) is 25.9 Å². The molecule has 22 heavy (non-hydrogen) atoms. The van der Waals surface area contributed by atoms with Crippen molar-refractivity contribution < 1.29 is 4.74 Å². The molecule has 1 aromatic carbocycles. The maximum Gasteiger partial charge on any atom is 0.166 e. The molecule has 0 atom stereocenters. The number of aromatic amines is 1. The Hall–Kier alpha value is -2.01. The summed E-state index contributed by atoms with van der Waals surface area (Å²) in [6.45, 7) is 9.87. The molecule has 0 bridgehead atoms. The van der Waals surface area contributed by atoms with E-state index in [9.17, 15) is 0 Å². The van der Waals surface area contributed by atoms with Crippen molar-refractivity contribution in [2.24, 2.45) is 4.99 Å². The molecule has 0 saturated heterocycles. The van der Waals surface area contributed by atoms with Gasteiger partial charge in [-0.1, -0.05) is 23.4 Å². The highest BCUT2D eigenvalue weighted by Crippen LogP contribution is 2.25. The molecule has 0 amide bonds. The van der Waals surface area contributed by atoms with Crippen LogP contribution in [0.4, 0.5) is 0 Å². The van der Waals surface area contributed by atoms with Gasteiger partial charge in [-0.25, -0.2) is 4.98 Å². The third kappa shape index (κ3) is 4.01. The number of thioether (sulfide) groups is 1. The molecule has 0 fully saturated rings. The average molecular weight is 315 g/mol. The van der Waals surface area contributed by atoms with Crippen LogP contribution < -0.4 is 4.74 Å². The Morgan fingerprint density at radius 3 is 2.82 bits per heavy atom. The van der Waals surface area contributed by atoms with Crippen LogP contribution in [0.15, 0.2) is 51.3 Å². The number of imidazole rings is 1. The standard InChI is InChI=1S/C17H21N3OS/c1-11(2)8-12(3)16(18-4)10-22-17-19-14-7-6-13(21-5)9-15(14)20-17/h6-9H,4,10H2,1-3,5H3,(H,19,20)/b16-12-. The number of hydrogen-bond acceptors (Lipinski definition) is 4. The van der Waals surface area contributed by atoms with Gasteiger partial charge >= 0.3 is 0 Å². The molecule has 2 aromatic rings. The lowest BCUT2D eigenvalue weighted by Crippen LogP contribution is -1.89. The van der Waals surface area contributed by atoms with Crippen molar-refractivity contribution in [2.75, 3.05) is 12.9 Å². The second kappa shape index (κ2) is 7.31. The normalized spacial score (nSPS) is 12.0. The van der Waals surface area contributed by atoms with Crippen LogP contribution in [0.2, 0.25) is 0 Å². The van der Waals surface area contributed by atoms with Gasteiger partial charge in [0.2, 0.25) is 0 Å². The van der Waals surface area contributed by atoms with Gasteiger partial charge in [0.15, 0.2) is 5.16 Å². The molecule has 1 aromatic heterocycles. The number of H-pyrrole nitrogens is 1. The van der Waals surface area contributed by atoms with E-state index in [0.717, 1.165) is 39.0 Å². The molecule has 5 heteroatoms. The summed E-state index contributed by atoms with van der Waals surface area (Å²) in [4.78, 5) is 12.0. The Morgan fingerprint density at radius 1 is 1.41 bits per heavy atom. The summed E-state index contributed by atoms with van der Waals surface area (Å²) in [6.07, 6.45) is 2.12. The average Bonchev–Trinajstić information content (AvgIpc) is 2.88. The zero-order chi connectivity index (χ0) is 16.1. The van der Waals surface area contributed by atoms with Gasteiger partial charge in [0.05, 0.1) is 23.8 Å². The Morgan fingerprint density at radius 2 is 2.18 bits per heavy atom. The predicted octanol–water partition coefficient (Wildman–Crippen LogP) is 4.60. The van der Waals surface area contributed by atoms with Crippen LogP contribution in [0.1, 0.15) is 20.8 Å². The minimum Gasteiger partial charge on any atom is -0.497 e. The fraction of sp³-hybridized carbons (Fsp3) is 0.294. The second-order valence-corrected chi connectivity index (χ2v) is 6.19. The zero-order valence-electron chi connectivity index (χ0n) is 13.4. The monoisotopic (exact) mass is 315 g/mol. The number of nitrogens with one attached hydrogen (secondary N) is 1. The minimum atomic E-state index is 0.732. The molecular weight excluding hydrogens is 294 g/mol. The van der Waals surface area contributed by atoms with E-state index in [1.54, 1.807) is 18.9 Å². The molecule has 116 valence electrons. The molecule has 2 rings (SSSR count). The summed E-state index contributed by atoms with van der Waals surface area (Å²) in [5, 5.41) is 0.870. The lowest BCUT2D eigenvalue weighted by atomic mass is 10.2. The first-order valence-electron chi connectivity index (χ1n) is 7.01. The molecule has 0 aliphatic rings. The number of allylic oxidation sites excluding steroid dienone is 3. The van der Waals surface area contributed by atoms with E-state index in [2.05, 4.69) is 48.5 Å². The smallest absolute Gasteiger partial charge is 0.166 e. The van der Waals surface area contributed by atoms with Gasteiger partial charge < -0.3 is 9.72 Å². The maximum atomic E-state index is 5.22. The third-order valence-corrected chi connectivity index (χ3v) is 4.05. The maximum absolute atomic E-state index is 5.22. The second-order valence-electron chi connectivity index (χ2n) is 5.22. The summed E-state index contributed by atoms with van der Waals surface area (Å²) in [7, 11) is 1.66. The van der Waals surface area contributed by atoms with Crippen molar-refractivity contribution in [1.82, 2.24) is 9.97 Å². The highest BCUT2D eigenvalue weighted by atomic mass is 32.2. The molecule has 0 aliphatic heterocycles. The summed E-state index contributed by atoms with van der Waals surface area (Å²) < 4.78 is 5.22. The van der Waals surface area contributed by atoms with E-state index in [1.807, 2.05) is 18.2 Å². The van der Waals surface area contributed by atoms with Crippen molar-refractivity contribution in [3.63, 3.8) is 0 Å². The lowest BCUT2D eigenvalue weighted by Gasteiger charge is -2.03. The van der Waals surface area contributed by atoms with Gasteiger partial charge in [-0.2, -0.15) is 0 Å². The number of aliphatic imine (C=N–C) groups is 1. The summed E-state index contributed by atoms with van der Waals surface area (Å²) in [5.74, 6) is 1.54. The van der Waals surface area contributed by atoms with Crippen LogP contribution in [0.5, 0.6) is 5.75 Å². The van der Waals surface area contributed by atoms with Gasteiger partial charge in [-0.15, -0.1) is 0 Å². The Labute approximate surface area is 135 Å². The largest absolute Gasteiger partial charge is 0.497 e. The van der Waals surface area contributed by atoms with Crippen LogP contribution >= 0.6 is 11.8 Å². The molecule has 4 nitrogen and oxygen atoms in total. The first kappa shape index (κ1) is 16.4. The molecule has 0 aliphatic carbocycles. The topological polar surface area (TPSA) is 50.3 Å².